The Hall–Kier alpha value is -1.75. The quantitative estimate of drug-likeness (QED) is 0.323. The van der Waals surface area contributed by atoms with Crippen molar-refractivity contribution < 1.29 is 9.22 Å². The van der Waals surface area contributed by atoms with Gasteiger partial charge in [-0.2, -0.15) is 0 Å². The van der Waals surface area contributed by atoms with Crippen molar-refractivity contribution in [3.63, 3.8) is 0 Å². The molecule has 1 heterocycles. The number of fused-ring (bicyclic) bond motifs is 2. The number of nitrogens with zero attached hydrogens (tertiary/aromatic N) is 1. The highest BCUT2D eigenvalue weighted by atomic mass is 32.1. The number of rotatable bonds is 8. The Morgan fingerprint density at radius 3 is 2.50 bits per heavy atom. The molecule has 3 aromatic rings. The molecule has 4 heteroatoms. The van der Waals surface area contributed by atoms with Gasteiger partial charge in [-0.15, -0.1) is 11.3 Å². The van der Waals surface area contributed by atoms with Gasteiger partial charge >= 0.3 is 0 Å². The van der Waals surface area contributed by atoms with Gasteiger partial charge in [0.15, 0.2) is 5.43 Å². The van der Waals surface area contributed by atoms with Gasteiger partial charge in [0.2, 0.25) is 0 Å². The topological polar surface area (TPSA) is 26.3 Å². The summed E-state index contributed by atoms with van der Waals surface area (Å²) in [6.45, 7) is 9.26. The summed E-state index contributed by atoms with van der Waals surface area (Å²) >= 11 is 1.67. The predicted octanol–water partition coefficient (Wildman–Crippen LogP) is 4.81. The summed E-state index contributed by atoms with van der Waals surface area (Å²) in [6, 6.07) is 13.9. The van der Waals surface area contributed by atoms with Crippen molar-refractivity contribution in [2.45, 2.75) is 26.9 Å². The van der Waals surface area contributed by atoms with Crippen molar-refractivity contribution in [3.8, 4) is 0 Å². The van der Waals surface area contributed by atoms with E-state index in [-0.39, 0.29) is 5.43 Å². The maximum atomic E-state index is 12.8. The molecule has 0 amide bonds. The molecule has 0 aliphatic heterocycles. The third kappa shape index (κ3) is 4.14. The molecule has 0 bridgehead atoms. The minimum Gasteiger partial charge on any atom is -0.377 e. The van der Waals surface area contributed by atoms with E-state index < -0.39 is 0 Å². The van der Waals surface area contributed by atoms with Gasteiger partial charge in [-0.3, -0.25) is 4.79 Å². The first-order valence-corrected chi connectivity index (χ1v) is 10.2. The minimum absolute atomic E-state index is 0.121. The fraction of sp³-hybridized carbons (Fsp3) is 0.409. The molecule has 0 N–H and O–H groups in total. The van der Waals surface area contributed by atoms with Crippen LogP contribution in [0.4, 0.5) is 0 Å². The van der Waals surface area contributed by atoms with Crippen molar-refractivity contribution in [1.82, 2.24) is 0 Å². The highest BCUT2D eigenvalue weighted by Gasteiger charge is 2.15. The van der Waals surface area contributed by atoms with Crippen LogP contribution in [0.5, 0.6) is 0 Å². The number of benzene rings is 2. The molecule has 2 aromatic carbocycles. The first kappa shape index (κ1) is 19.0. The summed E-state index contributed by atoms with van der Waals surface area (Å²) in [5.74, 6) is 0. The first-order chi connectivity index (χ1) is 12.6. The Balaban J connectivity index is 1.67. The summed E-state index contributed by atoms with van der Waals surface area (Å²) in [6.07, 6.45) is 1.06. The monoisotopic (exact) mass is 370 g/mol. The molecule has 0 spiro atoms. The first-order valence-electron chi connectivity index (χ1n) is 9.42. The number of ether oxygens (including phenoxy) is 1. The Labute approximate surface area is 159 Å². The Kier molecular flexibility index (Phi) is 6.07. The molecule has 0 radical (unpaired) electrons. The van der Waals surface area contributed by atoms with Gasteiger partial charge in [-0.1, -0.05) is 18.2 Å². The standard InChI is InChI=1S/C22H28NO2S/c1-4-23(3,5-2)13-8-14-25-16-17-11-12-21-19(15-17)22(24)18-9-6-7-10-20(18)26-21/h6-7,9-12,15H,4-5,8,13-14,16H2,1-3H3/q+1. The van der Waals surface area contributed by atoms with E-state index in [0.717, 1.165) is 62.9 Å². The smallest absolute Gasteiger partial charge is 0.195 e. The average molecular weight is 371 g/mol. The van der Waals surface area contributed by atoms with Crippen LogP contribution in [-0.4, -0.2) is 37.8 Å². The van der Waals surface area contributed by atoms with Gasteiger partial charge in [0, 0.05) is 26.6 Å². The lowest BCUT2D eigenvalue weighted by molar-refractivity contribution is -0.906. The molecular weight excluding hydrogens is 342 g/mol. The van der Waals surface area contributed by atoms with E-state index in [2.05, 4.69) is 33.0 Å². The van der Waals surface area contributed by atoms with Crippen LogP contribution in [0.3, 0.4) is 0 Å². The van der Waals surface area contributed by atoms with Gasteiger partial charge in [0.25, 0.3) is 0 Å². The minimum atomic E-state index is 0.121. The van der Waals surface area contributed by atoms with Crippen LogP contribution in [-0.2, 0) is 11.3 Å². The van der Waals surface area contributed by atoms with Crippen molar-refractivity contribution in [3.05, 3.63) is 58.3 Å². The predicted molar refractivity (Wildman–Crippen MR) is 112 cm³/mol. The molecule has 3 rings (SSSR count). The third-order valence-electron chi connectivity index (χ3n) is 5.42. The largest absolute Gasteiger partial charge is 0.377 e. The molecule has 26 heavy (non-hydrogen) atoms. The number of quaternary nitrogens is 1. The van der Waals surface area contributed by atoms with Crippen LogP contribution in [0.25, 0.3) is 20.2 Å². The van der Waals surface area contributed by atoms with Gasteiger partial charge in [-0.25, -0.2) is 0 Å². The summed E-state index contributed by atoms with van der Waals surface area (Å²) < 4.78 is 9.04. The highest BCUT2D eigenvalue weighted by molar-refractivity contribution is 7.24. The fourth-order valence-corrected chi connectivity index (χ4v) is 4.27. The zero-order chi connectivity index (χ0) is 18.6. The van der Waals surface area contributed by atoms with Crippen LogP contribution >= 0.6 is 11.3 Å². The van der Waals surface area contributed by atoms with E-state index in [4.69, 9.17) is 4.74 Å². The molecule has 1 aromatic heterocycles. The van der Waals surface area contributed by atoms with Crippen LogP contribution < -0.4 is 5.43 Å². The van der Waals surface area contributed by atoms with Crippen LogP contribution in [0.1, 0.15) is 25.8 Å². The molecule has 0 aliphatic carbocycles. The number of hydrogen-bond acceptors (Lipinski definition) is 3. The second kappa shape index (κ2) is 8.30. The molecule has 0 atom stereocenters. The van der Waals surface area contributed by atoms with Crippen LogP contribution in [0.15, 0.2) is 47.3 Å². The van der Waals surface area contributed by atoms with E-state index in [9.17, 15) is 4.79 Å². The molecule has 138 valence electrons. The molecule has 0 unspecified atom stereocenters. The highest BCUT2D eigenvalue weighted by Crippen LogP contribution is 2.25. The SMILES string of the molecule is CC[N+](C)(CC)CCCOCc1ccc2sc3ccccc3c(=O)c2c1. The van der Waals surface area contributed by atoms with Crippen LogP contribution in [0, 0.1) is 0 Å². The number of hydrogen-bond donors (Lipinski definition) is 0. The summed E-state index contributed by atoms with van der Waals surface area (Å²) in [4.78, 5) is 12.8. The molecule has 0 saturated heterocycles. The molecule has 0 fully saturated rings. The molecule has 0 saturated carbocycles. The normalized spacial score (nSPS) is 12.1. The lowest BCUT2D eigenvalue weighted by Crippen LogP contribution is -2.44. The maximum absolute atomic E-state index is 12.8. The van der Waals surface area contributed by atoms with Gasteiger partial charge < -0.3 is 9.22 Å². The molecule has 3 nitrogen and oxygen atoms in total. The van der Waals surface area contributed by atoms with E-state index in [1.807, 2.05) is 30.3 Å². The zero-order valence-corrected chi connectivity index (χ0v) is 16.8. The van der Waals surface area contributed by atoms with Crippen molar-refractivity contribution in [2.75, 3.05) is 33.3 Å². The maximum Gasteiger partial charge on any atom is 0.195 e. The Bertz CT molecular complexity index is 944. The van der Waals surface area contributed by atoms with Crippen molar-refractivity contribution in [2.24, 2.45) is 0 Å². The Morgan fingerprint density at radius 1 is 1.00 bits per heavy atom. The fourth-order valence-electron chi connectivity index (χ4n) is 3.22. The summed E-state index contributed by atoms with van der Waals surface area (Å²) in [7, 11) is 2.30. The van der Waals surface area contributed by atoms with E-state index in [1.54, 1.807) is 11.3 Å². The van der Waals surface area contributed by atoms with E-state index in [1.165, 1.54) is 0 Å². The van der Waals surface area contributed by atoms with Crippen molar-refractivity contribution in [1.29, 1.82) is 0 Å². The van der Waals surface area contributed by atoms with Gasteiger partial charge in [0.05, 0.1) is 39.9 Å². The molecular formula is C22H28NO2S+. The summed E-state index contributed by atoms with van der Waals surface area (Å²) in [5, 5.41) is 1.61. The third-order valence-corrected chi connectivity index (χ3v) is 6.57. The lowest BCUT2D eigenvalue weighted by Gasteiger charge is -2.32. The summed E-state index contributed by atoms with van der Waals surface area (Å²) in [5.41, 5.74) is 1.19. The Morgan fingerprint density at radius 2 is 1.73 bits per heavy atom. The van der Waals surface area contributed by atoms with Crippen molar-refractivity contribution >= 4 is 31.5 Å². The van der Waals surface area contributed by atoms with Crippen LogP contribution in [0.2, 0.25) is 0 Å². The second-order valence-electron chi connectivity index (χ2n) is 7.14. The lowest BCUT2D eigenvalue weighted by atomic mass is 10.1. The molecule has 0 aliphatic rings. The zero-order valence-electron chi connectivity index (χ0n) is 16.0. The average Bonchev–Trinajstić information content (AvgIpc) is 2.68. The van der Waals surface area contributed by atoms with Gasteiger partial charge in [0.1, 0.15) is 0 Å². The van der Waals surface area contributed by atoms with E-state index in [0.29, 0.717) is 6.61 Å². The second-order valence-corrected chi connectivity index (χ2v) is 8.22. The van der Waals surface area contributed by atoms with Gasteiger partial charge in [-0.05, 0) is 43.7 Å². The van der Waals surface area contributed by atoms with E-state index >= 15 is 0 Å².